The first-order valence-electron chi connectivity index (χ1n) is 7.64. The summed E-state index contributed by atoms with van der Waals surface area (Å²) in [5.74, 6) is 1.16. The minimum Gasteiger partial charge on any atom is -0.478 e. The smallest absolute Gasteiger partial charge is 0.263 e. The van der Waals surface area contributed by atoms with E-state index in [0.29, 0.717) is 12.0 Å². The Morgan fingerprint density at radius 2 is 2.24 bits per heavy atom. The second-order valence-electron chi connectivity index (χ2n) is 6.61. The predicted octanol–water partition coefficient (Wildman–Crippen LogP) is 2.45. The van der Waals surface area contributed by atoms with Gasteiger partial charge in [-0.2, -0.15) is 0 Å². The predicted molar refractivity (Wildman–Crippen MR) is 80.3 cm³/mol. The SMILES string of the molecule is Cc1cccc(OC(C)(C)C(=O)N[C@H]2C[C@@H]3OCC[C@H]23)c1. The molecule has 1 saturated heterocycles. The van der Waals surface area contributed by atoms with E-state index in [-0.39, 0.29) is 11.9 Å². The Morgan fingerprint density at radius 3 is 2.95 bits per heavy atom. The maximum absolute atomic E-state index is 12.5. The van der Waals surface area contributed by atoms with Crippen LogP contribution in [0, 0.1) is 12.8 Å². The van der Waals surface area contributed by atoms with E-state index in [9.17, 15) is 4.79 Å². The van der Waals surface area contributed by atoms with Crippen LogP contribution in [0.2, 0.25) is 0 Å². The van der Waals surface area contributed by atoms with Crippen LogP contribution < -0.4 is 10.1 Å². The quantitative estimate of drug-likeness (QED) is 0.926. The minimum atomic E-state index is -0.877. The van der Waals surface area contributed by atoms with Gasteiger partial charge in [0, 0.05) is 18.6 Å². The van der Waals surface area contributed by atoms with Crippen molar-refractivity contribution >= 4 is 5.91 Å². The Bertz CT molecular complexity index is 541. The zero-order valence-electron chi connectivity index (χ0n) is 12.9. The highest BCUT2D eigenvalue weighted by molar-refractivity contribution is 5.85. The average molecular weight is 289 g/mol. The highest BCUT2D eigenvalue weighted by Gasteiger charge is 2.47. The summed E-state index contributed by atoms with van der Waals surface area (Å²) in [7, 11) is 0. The second kappa shape index (κ2) is 5.34. The van der Waals surface area contributed by atoms with E-state index in [0.717, 1.165) is 30.8 Å². The van der Waals surface area contributed by atoms with Crippen LogP contribution in [-0.4, -0.2) is 30.3 Å². The Balaban J connectivity index is 1.60. The van der Waals surface area contributed by atoms with Crippen molar-refractivity contribution in [3.05, 3.63) is 29.8 Å². The van der Waals surface area contributed by atoms with Gasteiger partial charge in [-0.1, -0.05) is 12.1 Å². The van der Waals surface area contributed by atoms with Crippen LogP contribution in [-0.2, 0) is 9.53 Å². The second-order valence-corrected chi connectivity index (χ2v) is 6.61. The van der Waals surface area contributed by atoms with Gasteiger partial charge in [0.1, 0.15) is 5.75 Å². The highest BCUT2D eigenvalue weighted by Crippen LogP contribution is 2.38. The molecule has 0 unspecified atom stereocenters. The number of carbonyl (C=O) groups excluding carboxylic acids is 1. The molecule has 1 amide bonds. The molecule has 3 rings (SSSR count). The fourth-order valence-corrected chi connectivity index (χ4v) is 3.13. The highest BCUT2D eigenvalue weighted by atomic mass is 16.5. The number of amides is 1. The Morgan fingerprint density at radius 1 is 1.43 bits per heavy atom. The molecule has 21 heavy (non-hydrogen) atoms. The lowest BCUT2D eigenvalue weighted by Gasteiger charge is -2.40. The van der Waals surface area contributed by atoms with E-state index >= 15 is 0 Å². The molecule has 3 atom stereocenters. The molecule has 2 fully saturated rings. The monoisotopic (exact) mass is 289 g/mol. The van der Waals surface area contributed by atoms with E-state index in [1.807, 2.05) is 45.0 Å². The number of nitrogens with one attached hydrogen (secondary N) is 1. The molecule has 2 aliphatic rings. The lowest BCUT2D eigenvalue weighted by molar-refractivity contribution is -0.137. The van der Waals surface area contributed by atoms with E-state index in [4.69, 9.17) is 9.47 Å². The summed E-state index contributed by atoms with van der Waals surface area (Å²) in [4.78, 5) is 12.5. The molecule has 4 nitrogen and oxygen atoms in total. The van der Waals surface area contributed by atoms with Crippen molar-refractivity contribution in [3.63, 3.8) is 0 Å². The number of benzene rings is 1. The first-order chi connectivity index (χ1) is 9.95. The lowest BCUT2D eigenvalue weighted by atomic mass is 9.76. The van der Waals surface area contributed by atoms with Crippen LogP contribution in [0.3, 0.4) is 0 Å². The number of aryl methyl sites for hydroxylation is 1. The average Bonchev–Trinajstić information content (AvgIpc) is 2.76. The third-order valence-corrected chi connectivity index (χ3v) is 4.49. The molecular weight excluding hydrogens is 266 g/mol. The minimum absolute atomic E-state index is 0.0562. The third kappa shape index (κ3) is 2.91. The molecule has 1 N–H and O–H groups in total. The van der Waals surface area contributed by atoms with Crippen molar-refractivity contribution in [1.29, 1.82) is 0 Å². The van der Waals surface area contributed by atoms with Gasteiger partial charge in [-0.05, 0) is 51.3 Å². The summed E-state index contributed by atoms with van der Waals surface area (Å²) in [5.41, 5.74) is 0.242. The van der Waals surface area contributed by atoms with Crippen LogP contribution >= 0.6 is 0 Å². The molecule has 0 aromatic heterocycles. The zero-order valence-corrected chi connectivity index (χ0v) is 12.9. The Kier molecular flexibility index (Phi) is 3.66. The molecule has 1 aromatic carbocycles. The number of hydrogen-bond acceptors (Lipinski definition) is 3. The molecule has 1 aliphatic carbocycles. The van der Waals surface area contributed by atoms with Crippen LogP contribution in [0.4, 0.5) is 0 Å². The summed E-state index contributed by atoms with van der Waals surface area (Å²) in [6.07, 6.45) is 2.34. The number of ether oxygens (including phenoxy) is 2. The Labute approximate surface area is 125 Å². The van der Waals surface area contributed by atoms with E-state index < -0.39 is 5.60 Å². The molecule has 114 valence electrons. The van der Waals surface area contributed by atoms with Gasteiger partial charge in [0.25, 0.3) is 5.91 Å². The number of carbonyl (C=O) groups is 1. The van der Waals surface area contributed by atoms with Crippen molar-refractivity contribution in [2.75, 3.05) is 6.61 Å². The van der Waals surface area contributed by atoms with E-state index in [2.05, 4.69) is 5.32 Å². The van der Waals surface area contributed by atoms with Crippen LogP contribution in [0.1, 0.15) is 32.3 Å². The maximum atomic E-state index is 12.5. The van der Waals surface area contributed by atoms with Gasteiger partial charge in [0.15, 0.2) is 5.60 Å². The van der Waals surface area contributed by atoms with Gasteiger partial charge < -0.3 is 14.8 Å². The fraction of sp³-hybridized carbons (Fsp3) is 0.588. The normalized spacial score (nSPS) is 27.7. The molecule has 1 heterocycles. The molecule has 0 bridgehead atoms. The first kappa shape index (κ1) is 14.4. The molecule has 0 radical (unpaired) electrons. The van der Waals surface area contributed by atoms with Gasteiger partial charge in [-0.25, -0.2) is 0 Å². The largest absolute Gasteiger partial charge is 0.478 e. The van der Waals surface area contributed by atoms with Crippen LogP contribution in [0.15, 0.2) is 24.3 Å². The van der Waals surface area contributed by atoms with Gasteiger partial charge in [0.05, 0.1) is 6.10 Å². The van der Waals surface area contributed by atoms with Crippen molar-refractivity contribution in [2.24, 2.45) is 5.92 Å². The third-order valence-electron chi connectivity index (χ3n) is 4.49. The zero-order chi connectivity index (χ0) is 15.0. The molecular formula is C17H23NO3. The van der Waals surface area contributed by atoms with Gasteiger partial charge in [-0.15, -0.1) is 0 Å². The van der Waals surface area contributed by atoms with Gasteiger partial charge in [0.2, 0.25) is 0 Å². The number of hydrogen-bond donors (Lipinski definition) is 1. The summed E-state index contributed by atoms with van der Waals surface area (Å²) in [6.45, 7) is 6.46. The van der Waals surface area contributed by atoms with Gasteiger partial charge in [-0.3, -0.25) is 4.79 Å². The number of rotatable bonds is 4. The molecule has 4 heteroatoms. The summed E-state index contributed by atoms with van der Waals surface area (Å²) in [6, 6.07) is 8.01. The van der Waals surface area contributed by atoms with Crippen LogP contribution in [0.25, 0.3) is 0 Å². The standard InChI is InChI=1S/C17H23NO3/c1-11-5-4-6-12(9-11)21-17(2,3)16(19)18-14-10-15-13(14)7-8-20-15/h4-6,9,13-15H,7-8,10H2,1-3H3,(H,18,19)/t13-,14+,15+/m1/s1. The van der Waals surface area contributed by atoms with Crippen molar-refractivity contribution < 1.29 is 14.3 Å². The summed E-state index contributed by atoms with van der Waals surface area (Å²) in [5, 5.41) is 3.12. The van der Waals surface area contributed by atoms with Crippen molar-refractivity contribution in [2.45, 2.75) is 51.4 Å². The fourth-order valence-electron chi connectivity index (χ4n) is 3.13. The Hall–Kier alpha value is -1.55. The van der Waals surface area contributed by atoms with Crippen molar-refractivity contribution in [3.8, 4) is 5.75 Å². The van der Waals surface area contributed by atoms with Crippen molar-refractivity contribution in [1.82, 2.24) is 5.32 Å². The molecule has 1 aliphatic heterocycles. The van der Waals surface area contributed by atoms with E-state index in [1.54, 1.807) is 0 Å². The maximum Gasteiger partial charge on any atom is 0.263 e. The first-order valence-corrected chi connectivity index (χ1v) is 7.64. The number of fused-ring (bicyclic) bond motifs is 1. The molecule has 0 spiro atoms. The molecule has 1 aromatic rings. The topological polar surface area (TPSA) is 47.6 Å². The van der Waals surface area contributed by atoms with Gasteiger partial charge >= 0.3 is 0 Å². The molecule has 1 saturated carbocycles. The lowest BCUT2D eigenvalue weighted by Crippen LogP contribution is -2.58. The van der Waals surface area contributed by atoms with E-state index in [1.165, 1.54) is 0 Å². The summed E-state index contributed by atoms with van der Waals surface area (Å²) >= 11 is 0. The van der Waals surface area contributed by atoms with Crippen LogP contribution in [0.5, 0.6) is 5.75 Å². The summed E-state index contributed by atoms with van der Waals surface area (Å²) < 4.78 is 11.5.